The van der Waals surface area contributed by atoms with E-state index in [0.717, 1.165) is 40.2 Å². The average Bonchev–Trinajstić information content (AvgIpc) is 3.03. The predicted octanol–water partition coefficient (Wildman–Crippen LogP) is 2.87. The molecule has 0 atom stereocenters. The molecular formula is C12H13ClN6S. The fourth-order valence-electron chi connectivity index (χ4n) is 2.01. The van der Waals surface area contributed by atoms with E-state index in [2.05, 4.69) is 31.8 Å². The molecule has 3 heterocycles. The van der Waals surface area contributed by atoms with Gasteiger partial charge in [0, 0.05) is 5.56 Å². The Labute approximate surface area is 125 Å². The molecule has 0 aromatic carbocycles. The summed E-state index contributed by atoms with van der Waals surface area (Å²) in [5, 5.41) is 17.4. The number of aryl methyl sites for hydroxylation is 2. The van der Waals surface area contributed by atoms with Gasteiger partial charge in [0.15, 0.2) is 16.6 Å². The molecule has 0 amide bonds. The number of nitrogens with zero attached hydrogens (tertiary/aromatic N) is 6. The molecule has 0 fully saturated rings. The van der Waals surface area contributed by atoms with Gasteiger partial charge in [-0.15, -0.1) is 15.3 Å². The first-order valence-corrected chi connectivity index (χ1v) is 7.48. The zero-order chi connectivity index (χ0) is 14.3. The highest BCUT2D eigenvalue weighted by atomic mass is 35.5. The largest absolute Gasteiger partial charge is 0.198 e. The van der Waals surface area contributed by atoms with Crippen molar-refractivity contribution in [2.45, 2.75) is 33.6 Å². The molecule has 8 heteroatoms. The van der Waals surface area contributed by atoms with E-state index in [9.17, 15) is 0 Å². The second-order valence-electron chi connectivity index (χ2n) is 4.60. The monoisotopic (exact) mass is 308 g/mol. The Balaban J connectivity index is 2.25. The van der Waals surface area contributed by atoms with Crippen molar-refractivity contribution in [1.29, 1.82) is 0 Å². The maximum Gasteiger partial charge on any atom is 0.198 e. The predicted molar refractivity (Wildman–Crippen MR) is 78.2 cm³/mol. The molecule has 3 aromatic heterocycles. The van der Waals surface area contributed by atoms with Crippen LogP contribution in [0.4, 0.5) is 0 Å². The van der Waals surface area contributed by atoms with Gasteiger partial charge >= 0.3 is 0 Å². The molecule has 0 saturated carbocycles. The summed E-state index contributed by atoms with van der Waals surface area (Å²) >= 11 is 7.48. The lowest BCUT2D eigenvalue weighted by atomic mass is 10.2. The Bertz CT molecular complexity index is 778. The zero-order valence-electron chi connectivity index (χ0n) is 11.4. The summed E-state index contributed by atoms with van der Waals surface area (Å²) in [7, 11) is 0. The van der Waals surface area contributed by atoms with Crippen molar-refractivity contribution in [3.05, 3.63) is 22.0 Å². The van der Waals surface area contributed by atoms with Crippen LogP contribution >= 0.6 is 23.1 Å². The van der Waals surface area contributed by atoms with Crippen molar-refractivity contribution in [1.82, 2.24) is 29.4 Å². The molecule has 6 nitrogen and oxygen atoms in total. The molecule has 3 rings (SSSR count). The van der Waals surface area contributed by atoms with Gasteiger partial charge in [0.05, 0.1) is 5.69 Å². The highest BCUT2D eigenvalue weighted by Crippen LogP contribution is 2.28. The van der Waals surface area contributed by atoms with Gasteiger partial charge in [0.25, 0.3) is 0 Å². The van der Waals surface area contributed by atoms with Gasteiger partial charge in [0.1, 0.15) is 4.88 Å². The number of hydrogen-bond acceptors (Lipinski definition) is 6. The van der Waals surface area contributed by atoms with Crippen molar-refractivity contribution in [2.24, 2.45) is 0 Å². The summed E-state index contributed by atoms with van der Waals surface area (Å²) in [6.45, 7) is 6.00. The molecule has 104 valence electrons. The molecule has 0 unspecified atom stereocenters. The summed E-state index contributed by atoms with van der Waals surface area (Å²) in [5.74, 6) is 0.656. The molecule has 0 spiro atoms. The van der Waals surface area contributed by atoms with Crippen LogP contribution < -0.4 is 0 Å². The minimum Gasteiger partial charge on any atom is -0.190 e. The van der Waals surface area contributed by atoms with Gasteiger partial charge in [0.2, 0.25) is 0 Å². The molecule has 0 saturated heterocycles. The number of fused-ring (bicyclic) bond motifs is 1. The standard InChI is InChI=1S/C12H13ClN6S/c1-4-5-8-9(20-18-14-8)12-16-15-11-7(3)6(2)10(13)17-19(11)12/h4-5H2,1-3H3. The maximum absolute atomic E-state index is 6.17. The Kier molecular flexibility index (Phi) is 3.39. The van der Waals surface area contributed by atoms with Crippen LogP contribution in [0.3, 0.4) is 0 Å². The highest BCUT2D eigenvalue weighted by Gasteiger charge is 2.19. The van der Waals surface area contributed by atoms with E-state index >= 15 is 0 Å². The third kappa shape index (κ3) is 1.97. The quantitative estimate of drug-likeness (QED) is 0.744. The summed E-state index contributed by atoms with van der Waals surface area (Å²) in [5.41, 5.74) is 3.56. The van der Waals surface area contributed by atoms with E-state index in [1.807, 2.05) is 13.8 Å². The van der Waals surface area contributed by atoms with Crippen LogP contribution in [-0.4, -0.2) is 29.4 Å². The van der Waals surface area contributed by atoms with Crippen molar-refractivity contribution >= 4 is 28.8 Å². The van der Waals surface area contributed by atoms with Crippen LogP contribution in [-0.2, 0) is 6.42 Å². The molecule has 0 aliphatic carbocycles. The van der Waals surface area contributed by atoms with Crippen LogP contribution in [0, 0.1) is 13.8 Å². The van der Waals surface area contributed by atoms with Crippen LogP contribution in [0.15, 0.2) is 0 Å². The molecule has 0 bridgehead atoms. The summed E-state index contributed by atoms with van der Waals surface area (Å²) in [6, 6.07) is 0. The molecular weight excluding hydrogens is 296 g/mol. The van der Waals surface area contributed by atoms with Gasteiger partial charge in [-0.05, 0) is 37.4 Å². The molecule has 3 aromatic rings. The smallest absolute Gasteiger partial charge is 0.190 e. The van der Waals surface area contributed by atoms with Crippen molar-refractivity contribution < 1.29 is 0 Å². The van der Waals surface area contributed by atoms with Gasteiger partial charge in [-0.2, -0.15) is 9.61 Å². The first-order valence-electron chi connectivity index (χ1n) is 6.33. The number of aromatic nitrogens is 6. The van der Waals surface area contributed by atoms with E-state index < -0.39 is 0 Å². The number of rotatable bonds is 3. The Morgan fingerprint density at radius 1 is 1.15 bits per heavy atom. The van der Waals surface area contributed by atoms with Crippen molar-refractivity contribution in [2.75, 3.05) is 0 Å². The average molecular weight is 309 g/mol. The van der Waals surface area contributed by atoms with Crippen molar-refractivity contribution in [3.63, 3.8) is 0 Å². The molecule has 0 radical (unpaired) electrons. The van der Waals surface area contributed by atoms with Gasteiger partial charge in [-0.1, -0.05) is 29.4 Å². The highest BCUT2D eigenvalue weighted by molar-refractivity contribution is 7.09. The fraction of sp³-hybridized carbons (Fsp3) is 0.417. The molecule has 0 aliphatic heterocycles. The first-order chi connectivity index (χ1) is 9.63. The van der Waals surface area contributed by atoms with Crippen LogP contribution in [0.1, 0.15) is 30.2 Å². The van der Waals surface area contributed by atoms with Crippen LogP contribution in [0.25, 0.3) is 16.3 Å². The minimum absolute atomic E-state index is 0.463. The van der Waals surface area contributed by atoms with Gasteiger partial charge in [-0.25, -0.2) is 0 Å². The fourth-order valence-corrected chi connectivity index (χ4v) is 2.91. The van der Waals surface area contributed by atoms with Crippen LogP contribution in [0.5, 0.6) is 0 Å². The molecule has 0 aliphatic rings. The first kappa shape index (κ1) is 13.4. The van der Waals surface area contributed by atoms with Gasteiger partial charge < -0.3 is 0 Å². The zero-order valence-corrected chi connectivity index (χ0v) is 13.0. The third-order valence-corrected chi connectivity index (χ3v) is 4.40. The Morgan fingerprint density at radius 2 is 1.95 bits per heavy atom. The second-order valence-corrected chi connectivity index (χ2v) is 5.71. The van der Waals surface area contributed by atoms with Crippen LogP contribution in [0.2, 0.25) is 5.15 Å². The summed E-state index contributed by atoms with van der Waals surface area (Å²) in [4.78, 5) is 0.908. The number of hydrogen-bond donors (Lipinski definition) is 0. The van der Waals surface area contributed by atoms with E-state index in [1.165, 1.54) is 11.5 Å². The van der Waals surface area contributed by atoms with Crippen molar-refractivity contribution in [3.8, 4) is 10.7 Å². The van der Waals surface area contributed by atoms with Gasteiger partial charge in [-0.3, -0.25) is 0 Å². The Hall–Kier alpha value is -1.60. The van der Waals surface area contributed by atoms with E-state index in [0.29, 0.717) is 11.0 Å². The summed E-state index contributed by atoms with van der Waals surface area (Å²) in [6.07, 6.45) is 1.86. The van der Waals surface area contributed by atoms with E-state index in [4.69, 9.17) is 11.6 Å². The molecule has 20 heavy (non-hydrogen) atoms. The summed E-state index contributed by atoms with van der Waals surface area (Å²) < 4.78 is 5.70. The lowest BCUT2D eigenvalue weighted by Crippen LogP contribution is -2.00. The Morgan fingerprint density at radius 3 is 2.70 bits per heavy atom. The molecule has 0 N–H and O–H groups in total. The van der Waals surface area contributed by atoms with E-state index in [-0.39, 0.29) is 0 Å². The maximum atomic E-state index is 6.17. The minimum atomic E-state index is 0.463. The SMILES string of the molecule is CCCc1nnsc1-c1nnc2c(C)c(C)c(Cl)nn12. The topological polar surface area (TPSA) is 68.9 Å². The van der Waals surface area contributed by atoms with E-state index in [1.54, 1.807) is 4.52 Å². The lowest BCUT2D eigenvalue weighted by Gasteiger charge is -2.04. The lowest BCUT2D eigenvalue weighted by molar-refractivity contribution is 0.864. The normalized spacial score (nSPS) is 11.4. The second kappa shape index (κ2) is 5.06. The third-order valence-electron chi connectivity index (χ3n) is 3.28. The number of halogens is 1.